The van der Waals surface area contributed by atoms with Gasteiger partial charge in [0.1, 0.15) is 0 Å². The van der Waals surface area contributed by atoms with Crippen molar-refractivity contribution in [2.45, 2.75) is 46.1 Å². The Bertz CT molecular complexity index is 1190. The standard InChI is InChI=1S/C22H29N5O3/c1-15-9-10-17(16(2)13-15)7-5-11-23-18(28)8-6-12-27-14-24-20-19(27)21(29)26(4)22(30)25(20)3/h9-10,13-14H,5-8,11-12H2,1-4H3,(H,23,28). The molecule has 2 aromatic heterocycles. The molecule has 0 aliphatic carbocycles. The molecular weight excluding hydrogens is 382 g/mol. The molecule has 1 N–H and O–H groups in total. The van der Waals surface area contributed by atoms with Crippen molar-refractivity contribution in [1.29, 1.82) is 0 Å². The second-order valence-electron chi connectivity index (χ2n) is 7.80. The molecule has 0 saturated heterocycles. The van der Waals surface area contributed by atoms with Crippen molar-refractivity contribution in [2.24, 2.45) is 14.1 Å². The average Bonchev–Trinajstić information content (AvgIpc) is 3.13. The Morgan fingerprint density at radius 1 is 1.10 bits per heavy atom. The third kappa shape index (κ3) is 4.53. The van der Waals surface area contributed by atoms with E-state index >= 15 is 0 Å². The predicted octanol–water partition coefficient (Wildman–Crippen LogP) is 1.58. The Morgan fingerprint density at radius 3 is 2.60 bits per heavy atom. The SMILES string of the molecule is Cc1ccc(CCCNC(=O)CCCn2cnc3c2c(=O)n(C)c(=O)n3C)c(C)c1. The summed E-state index contributed by atoms with van der Waals surface area (Å²) in [7, 11) is 3.04. The molecule has 0 unspecified atom stereocenters. The van der Waals surface area contributed by atoms with Crippen molar-refractivity contribution >= 4 is 17.1 Å². The number of nitrogens with one attached hydrogen (secondary N) is 1. The van der Waals surface area contributed by atoms with Crippen molar-refractivity contribution in [1.82, 2.24) is 24.0 Å². The number of benzene rings is 1. The molecule has 0 bridgehead atoms. The van der Waals surface area contributed by atoms with E-state index in [1.54, 1.807) is 17.9 Å². The zero-order valence-electron chi connectivity index (χ0n) is 18.1. The van der Waals surface area contributed by atoms with Crippen LogP contribution in [0.2, 0.25) is 0 Å². The highest BCUT2D eigenvalue weighted by atomic mass is 16.2. The molecule has 30 heavy (non-hydrogen) atoms. The van der Waals surface area contributed by atoms with Gasteiger partial charge in [-0.05, 0) is 44.2 Å². The van der Waals surface area contributed by atoms with E-state index in [-0.39, 0.29) is 11.5 Å². The van der Waals surface area contributed by atoms with Crippen LogP contribution in [-0.2, 0) is 31.9 Å². The minimum absolute atomic E-state index is 0.000325. The molecule has 160 valence electrons. The molecule has 0 radical (unpaired) electrons. The lowest BCUT2D eigenvalue weighted by Crippen LogP contribution is -2.37. The molecule has 8 nitrogen and oxygen atoms in total. The van der Waals surface area contributed by atoms with E-state index in [0.717, 1.165) is 17.4 Å². The van der Waals surface area contributed by atoms with Gasteiger partial charge in [0.2, 0.25) is 5.91 Å². The lowest BCUT2D eigenvalue weighted by molar-refractivity contribution is -0.121. The van der Waals surface area contributed by atoms with E-state index in [1.807, 2.05) is 0 Å². The molecule has 0 atom stereocenters. The van der Waals surface area contributed by atoms with Crippen LogP contribution in [0.3, 0.4) is 0 Å². The molecule has 0 aliphatic rings. The Balaban J connectivity index is 1.48. The number of carbonyl (C=O) groups excluding carboxylic acids is 1. The molecule has 0 spiro atoms. The molecule has 3 aromatic rings. The van der Waals surface area contributed by atoms with Gasteiger partial charge in [0.25, 0.3) is 5.56 Å². The van der Waals surface area contributed by atoms with Gasteiger partial charge < -0.3 is 9.88 Å². The normalized spacial score (nSPS) is 11.2. The van der Waals surface area contributed by atoms with E-state index < -0.39 is 5.69 Å². The van der Waals surface area contributed by atoms with Gasteiger partial charge in [0.15, 0.2) is 11.2 Å². The average molecular weight is 412 g/mol. The lowest BCUT2D eigenvalue weighted by Gasteiger charge is -2.09. The van der Waals surface area contributed by atoms with Crippen molar-refractivity contribution in [3.8, 4) is 0 Å². The molecule has 8 heteroatoms. The van der Waals surface area contributed by atoms with Gasteiger partial charge in [-0.2, -0.15) is 0 Å². The van der Waals surface area contributed by atoms with Gasteiger partial charge in [0, 0.05) is 33.6 Å². The maximum Gasteiger partial charge on any atom is 0.332 e. The summed E-state index contributed by atoms with van der Waals surface area (Å²) in [6, 6.07) is 6.45. The van der Waals surface area contributed by atoms with Crippen LogP contribution in [0.25, 0.3) is 11.2 Å². The minimum atomic E-state index is -0.405. The van der Waals surface area contributed by atoms with E-state index in [0.29, 0.717) is 37.1 Å². The smallest absolute Gasteiger partial charge is 0.332 e. The third-order valence-corrected chi connectivity index (χ3v) is 5.46. The van der Waals surface area contributed by atoms with Crippen LogP contribution in [0.15, 0.2) is 34.1 Å². The molecule has 0 aliphatic heterocycles. The fourth-order valence-electron chi connectivity index (χ4n) is 3.70. The van der Waals surface area contributed by atoms with E-state index in [4.69, 9.17) is 0 Å². The van der Waals surface area contributed by atoms with Gasteiger partial charge in [-0.25, -0.2) is 9.78 Å². The summed E-state index contributed by atoms with van der Waals surface area (Å²) in [4.78, 5) is 40.7. The van der Waals surface area contributed by atoms with Gasteiger partial charge in [-0.15, -0.1) is 0 Å². The number of fused-ring (bicyclic) bond motifs is 1. The topological polar surface area (TPSA) is 90.9 Å². The number of aromatic nitrogens is 4. The Labute approximate surface area is 175 Å². The number of imidazole rings is 1. The summed E-state index contributed by atoms with van der Waals surface area (Å²) in [5.41, 5.74) is 3.83. The number of aryl methyl sites for hydroxylation is 5. The van der Waals surface area contributed by atoms with Crippen LogP contribution < -0.4 is 16.6 Å². The predicted molar refractivity (Wildman–Crippen MR) is 117 cm³/mol. The summed E-state index contributed by atoms with van der Waals surface area (Å²) in [5, 5.41) is 2.96. The molecule has 2 heterocycles. The van der Waals surface area contributed by atoms with Crippen molar-refractivity contribution in [3.05, 3.63) is 62.1 Å². The monoisotopic (exact) mass is 411 g/mol. The zero-order chi connectivity index (χ0) is 21.8. The molecule has 1 aromatic carbocycles. The number of rotatable bonds is 8. The highest BCUT2D eigenvalue weighted by Gasteiger charge is 2.14. The maximum atomic E-state index is 12.4. The summed E-state index contributed by atoms with van der Waals surface area (Å²) in [6.07, 6.45) is 4.34. The summed E-state index contributed by atoms with van der Waals surface area (Å²) < 4.78 is 4.14. The quantitative estimate of drug-likeness (QED) is 0.570. The van der Waals surface area contributed by atoms with E-state index in [9.17, 15) is 14.4 Å². The largest absolute Gasteiger partial charge is 0.356 e. The van der Waals surface area contributed by atoms with Crippen molar-refractivity contribution in [2.75, 3.05) is 6.54 Å². The molecule has 0 saturated carbocycles. The third-order valence-electron chi connectivity index (χ3n) is 5.46. The van der Waals surface area contributed by atoms with Crippen molar-refractivity contribution < 1.29 is 4.79 Å². The molecule has 3 rings (SSSR count). The van der Waals surface area contributed by atoms with Gasteiger partial charge >= 0.3 is 5.69 Å². The Morgan fingerprint density at radius 2 is 1.87 bits per heavy atom. The summed E-state index contributed by atoms with van der Waals surface area (Å²) >= 11 is 0. The zero-order valence-corrected chi connectivity index (χ0v) is 18.1. The van der Waals surface area contributed by atoms with Crippen molar-refractivity contribution in [3.63, 3.8) is 0 Å². The Kier molecular flexibility index (Phi) is 6.54. The van der Waals surface area contributed by atoms with Crippen LogP contribution in [0.4, 0.5) is 0 Å². The first kappa shape index (κ1) is 21.5. The summed E-state index contributed by atoms with van der Waals surface area (Å²) in [6.45, 7) is 5.33. The van der Waals surface area contributed by atoms with Crippen LogP contribution in [-0.4, -0.2) is 31.1 Å². The number of nitrogens with zero attached hydrogens (tertiary/aromatic N) is 4. The first-order valence-corrected chi connectivity index (χ1v) is 10.2. The fraction of sp³-hybridized carbons (Fsp3) is 0.455. The lowest BCUT2D eigenvalue weighted by atomic mass is 10.0. The first-order valence-electron chi connectivity index (χ1n) is 10.2. The molecular formula is C22H29N5O3. The summed E-state index contributed by atoms with van der Waals surface area (Å²) in [5.74, 6) is 0.000325. The number of hydrogen-bond acceptors (Lipinski definition) is 4. The fourth-order valence-corrected chi connectivity index (χ4v) is 3.70. The van der Waals surface area contributed by atoms with Crippen LogP contribution >= 0.6 is 0 Å². The first-order chi connectivity index (χ1) is 14.3. The second-order valence-corrected chi connectivity index (χ2v) is 7.80. The number of carbonyl (C=O) groups is 1. The minimum Gasteiger partial charge on any atom is -0.356 e. The highest BCUT2D eigenvalue weighted by molar-refractivity contribution is 5.75. The van der Waals surface area contributed by atoms with Crippen LogP contribution in [0.5, 0.6) is 0 Å². The Hall–Kier alpha value is -3.16. The van der Waals surface area contributed by atoms with Gasteiger partial charge in [0.05, 0.1) is 6.33 Å². The second kappa shape index (κ2) is 9.11. The van der Waals surface area contributed by atoms with Gasteiger partial charge in [-0.3, -0.25) is 18.7 Å². The molecule has 1 amide bonds. The van der Waals surface area contributed by atoms with Crippen LogP contribution in [0.1, 0.15) is 36.0 Å². The van der Waals surface area contributed by atoms with Gasteiger partial charge in [-0.1, -0.05) is 23.8 Å². The highest BCUT2D eigenvalue weighted by Crippen LogP contribution is 2.12. The van der Waals surface area contributed by atoms with Crippen LogP contribution in [0, 0.1) is 13.8 Å². The van der Waals surface area contributed by atoms with E-state index in [1.165, 1.54) is 28.3 Å². The molecule has 0 fully saturated rings. The number of amides is 1. The number of hydrogen-bond donors (Lipinski definition) is 1. The maximum absolute atomic E-state index is 12.4. The van der Waals surface area contributed by atoms with E-state index in [2.05, 4.69) is 42.3 Å².